The average molecular weight is 773 g/mol. The lowest BCUT2D eigenvalue weighted by atomic mass is 9.83. The van der Waals surface area contributed by atoms with Crippen molar-refractivity contribution in [3.05, 3.63) is 80.6 Å². The maximum atomic E-state index is 15.2. The van der Waals surface area contributed by atoms with E-state index in [4.69, 9.17) is 14.2 Å². The highest BCUT2D eigenvalue weighted by molar-refractivity contribution is 6.76. The van der Waals surface area contributed by atoms with Crippen LogP contribution in [0.2, 0.25) is 25.7 Å². The monoisotopic (exact) mass is 772 g/mol. The van der Waals surface area contributed by atoms with Gasteiger partial charge in [-0.3, -0.25) is 9.59 Å². The summed E-state index contributed by atoms with van der Waals surface area (Å²) in [6.07, 6.45) is -5.73. The van der Waals surface area contributed by atoms with Crippen molar-refractivity contribution in [1.29, 1.82) is 0 Å². The van der Waals surface area contributed by atoms with E-state index in [2.05, 4.69) is 40.0 Å². The molecular weight excluding hydrogens is 733 g/mol. The Labute approximate surface area is 300 Å². The van der Waals surface area contributed by atoms with Crippen molar-refractivity contribution >= 4 is 24.5 Å². The molecule has 11 nitrogen and oxygen atoms in total. The highest BCUT2D eigenvalue weighted by Gasteiger charge is 2.40. The van der Waals surface area contributed by atoms with E-state index in [1.807, 2.05) is 0 Å². The lowest BCUT2D eigenvalue weighted by Crippen LogP contribution is -2.40. The van der Waals surface area contributed by atoms with Crippen LogP contribution in [0, 0.1) is 11.7 Å². The summed E-state index contributed by atoms with van der Waals surface area (Å²) in [7, 11) is -0.0517. The summed E-state index contributed by atoms with van der Waals surface area (Å²) in [6.45, 7) is 6.21. The third-order valence-electron chi connectivity index (χ3n) is 8.82. The molecule has 288 valence electrons. The van der Waals surface area contributed by atoms with Crippen LogP contribution >= 0.6 is 0 Å². The molecule has 0 radical (unpaired) electrons. The minimum Gasteiger partial charge on any atom is -0.380 e. The minimum absolute atomic E-state index is 0.00995. The number of halogens is 7. The fourth-order valence-corrected chi connectivity index (χ4v) is 6.93. The van der Waals surface area contributed by atoms with Crippen LogP contribution in [0.4, 0.5) is 36.4 Å². The molecule has 1 aliphatic rings. The molecule has 1 aliphatic carbocycles. The first kappa shape index (κ1) is 40.0. The third-order valence-corrected chi connectivity index (χ3v) is 10.5. The van der Waals surface area contributed by atoms with Crippen molar-refractivity contribution in [2.24, 2.45) is 5.92 Å². The second-order valence-corrected chi connectivity index (χ2v) is 19.8. The number of ether oxygens (including phenoxy) is 3. The van der Waals surface area contributed by atoms with E-state index >= 15 is 4.39 Å². The van der Waals surface area contributed by atoms with Crippen molar-refractivity contribution in [2.45, 2.75) is 82.7 Å². The Morgan fingerprint density at radius 1 is 0.962 bits per heavy atom. The average Bonchev–Trinajstić information content (AvgIpc) is 3.06. The summed E-state index contributed by atoms with van der Waals surface area (Å²) < 4.78 is 115. The van der Waals surface area contributed by atoms with Crippen LogP contribution in [0.25, 0.3) is 22.2 Å². The summed E-state index contributed by atoms with van der Waals surface area (Å²) in [5.74, 6) is -1.54. The number of nitrogens with one attached hydrogen (secondary N) is 1. The Bertz CT molecular complexity index is 2020. The van der Waals surface area contributed by atoms with Gasteiger partial charge in [-0.25, -0.2) is 19.0 Å². The highest BCUT2D eigenvalue weighted by Crippen LogP contribution is 2.35. The van der Waals surface area contributed by atoms with Gasteiger partial charge in [0.2, 0.25) is 0 Å². The molecule has 0 spiro atoms. The molecule has 1 saturated carbocycles. The van der Waals surface area contributed by atoms with E-state index in [1.165, 1.54) is 30.0 Å². The number of pyridine rings is 1. The van der Waals surface area contributed by atoms with Crippen LogP contribution in [0.3, 0.4) is 0 Å². The largest absolute Gasteiger partial charge is 0.423 e. The van der Waals surface area contributed by atoms with Gasteiger partial charge in [0.05, 0.1) is 34.5 Å². The van der Waals surface area contributed by atoms with E-state index in [-0.39, 0.29) is 55.5 Å². The normalized spacial score (nSPS) is 18.4. The van der Waals surface area contributed by atoms with Gasteiger partial charge in [0.15, 0.2) is 5.82 Å². The zero-order chi connectivity index (χ0) is 38.7. The van der Waals surface area contributed by atoms with Gasteiger partial charge < -0.3 is 24.1 Å². The van der Waals surface area contributed by atoms with Crippen LogP contribution in [-0.4, -0.2) is 65.0 Å². The van der Waals surface area contributed by atoms with E-state index < -0.39 is 73.1 Å². The van der Waals surface area contributed by atoms with Crippen LogP contribution in [0.1, 0.15) is 30.4 Å². The quantitative estimate of drug-likeness (QED) is 0.0679. The lowest BCUT2D eigenvalue weighted by molar-refractivity contribution is -0.139. The third kappa shape index (κ3) is 10.1. The maximum Gasteiger partial charge on any atom is 0.423 e. The van der Waals surface area contributed by atoms with Gasteiger partial charge in [-0.05, 0) is 54.8 Å². The molecule has 1 N–H and O–H groups in total. The number of hydrogen-bond donors (Lipinski definition) is 1. The fraction of sp³-hybridized carbons (Fsp3) is 0.500. The molecule has 53 heavy (non-hydrogen) atoms. The number of aromatic nitrogens is 5. The number of hydrogen-bond acceptors (Lipinski definition) is 9. The Hall–Kier alpha value is -4.20. The number of methoxy groups -OCH3 is 1. The van der Waals surface area contributed by atoms with Crippen molar-refractivity contribution in [2.75, 3.05) is 25.8 Å². The molecule has 3 aromatic heterocycles. The van der Waals surface area contributed by atoms with Gasteiger partial charge in [0.1, 0.15) is 24.9 Å². The van der Waals surface area contributed by atoms with Crippen molar-refractivity contribution < 1.29 is 44.9 Å². The van der Waals surface area contributed by atoms with Crippen molar-refractivity contribution in [3.63, 3.8) is 0 Å². The molecule has 19 heteroatoms. The van der Waals surface area contributed by atoms with Crippen molar-refractivity contribution in [1.82, 2.24) is 24.3 Å². The highest BCUT2D eigenvalue weighted by atomic mass is 28.3. The maximum absolute atomic E-state index is 15.2. The molecule has 0 bridgehead atoms. The number of fused-ring (bicyclic) bond motifs is 1. The summed E-state index contributed by atoms with van der Waals surface area (Å²) in [6, 6.07) is 3.89. The van der Waals surface area contributed by atoms with E-state index in [1.54, 1.807) is 0 Å². The van der Waals surface area contributed by atoms with E-state index in [9.17, 15) is 35.9 Å². The zero-order valence-electron chi connectivity index (χ0n) is 29.4. The Kier molecular flexibility index (Phi) is 12.1. The van der Waals surface area contributed by atoms with Crippen molar-refractivity contribution in [3.8, 4) is 11.4 Å². The second kappa shape index (κ2) is 16.0. The number of nitrogens with zero attached hydrogens (tertiary/aromatic N) is 5. The van der Waals surface area contributed by atoms with Crippen LogP contribution < -0.4 is 16.4 Å². The summed E-state index contributed by atoms with van der Waals surface area (Å²) in [4.78, 5) is 33.9. The van der Waals surface area contributed by atoms with Crippen LogP contribution in [0.5, 0.6) is 0 Å². The Balaban J connectivity index is 1.37. The van der Waals surface area contributed by atoms with Gasteiger partial charge in [-0.2, -0.15) is 31.4 Å². The number of anilines is 1. The van der Waals surface area contributed by atoms with Gasteiger partial charge in [-0.1, -0.05) is 19.6 Å². The van der Waals surface area contributed by atoms with E-state index in [0.29, 0.717) is 28.9 Å². The molecule has 3 atom stereocenters. The number of benzene rings is 1. The summed E-state index contributed by atoms with van der Waals surface area (Å²) in [5.41, 5.74) is -5.12. The van der Waals surface area contributed by atoms with Gasteiger partial charge in [0, 0.05) is 53.0 Å². The van der Waals surface area contributed by atoms with E-state index in [0.717, 1.165) is 18.3 Å². The van der Waals surface area contributed by atoms with Gasteiger partial charge in [-0.15, -0.1) is 0 Å². The summed E-state index contributed by atoms with van der Waals surface area (Å²) >= 11 is 0. The predicted octanol–water partition coefficient (Wildman–Crippen LogP) is 6.77. The number of alkyl halides is 6. The molecule has 0 aliphatic heterocycles. The number of rotatable bonds is 13. The van der Waals surface area contributed by atoms with Crippen LogP contribution in [-0.2, 0) is 39.8 Å². The Morgan fingerprint density at radius 2 is 1.68 bits per heavy atom. The Morgan fingerprint density at radius 3 is 2.32 bits per heavy atom. The lowest BCUT2D eigenvalue weighted by Gasteiger charge is -2.36. The molecule has 0 amide bonds. The second-order valence-electron chi connectivity index (χ2n) is 14.2. The minimum atomic E-state index is -5.01. The first-order valence-corrected chi connectivity index (χ1v) is 20.4. The smallest absolute Gasteiger partial charge is 0.380 e. The van der Waals surface area contributed by atoms with Gasteiger partial charge >= 0.3 is 12.4 Å². The van der Waals surface area contributed by atoms with Crippen LogP contribution in [0.15, 0.2) is 52.6 Å². The molecule has 1 fully saturated rings. The topological polar surface area (TPSA) is 122 Å². The fourth-order valence-electron chi connectivity index (χ4n) is 6.17. The molecule has 4 aromatic rings. The molecule has 5 rings (SSSR count). The molecule has 1 aromatic carbocycles. The molecule has 0 saturated heterocycles. The predicted molar refractivity (Wildman–Crippen MR) is 183 cm³/mol. The molecule has 3 heterocycles. The first-order valence-electron chi connectivity index (χ1n) is 16.7. The first-order chi connectivity index (χ1) is 24.8. The molecule has 0 unspecified atom stereocenters. The summed E-state index contributed by atoms with van der Waals surface area (Å²) in [5, 5.41) is 7.08. The van der Waals surface area contributed by atoms with Gasteiger partial charge in [0.25, 0.3) is 11.1 Å². The SMILES string of the molecule is COCO[C@H]1C[C@@H](Cn2ccc3cc(-c4ncc(C(F)(F)F)cn4)c(F)cc3c2=O)C[C@@H](Nc2cnn(COCC[Si](C)(C)C)c(=O)c2C(F)(F)F)C1. The molecular formula is C34H39F7N6O5Si. The zero-order valence-corrected chi connectivity index (χ0v) is 30.4. The standard InChI is InChI=1S/C34H39F7N6O5Si/c1-50-19-52-24-10-20(9-23(12-24)45-28-16-44-47(18-51-7-8-53(2,3)4)32(49)29(28)34(39,40)41)17-46-6-5-21-11-26(27(35)13-25(21)31(46)48)30-42-14-22(15-43-30)33(36,37)38/h5-6,11,13-16,20,23-24,45H,7-10,12,17-19H2,1-4H3/t20-,23+,24-/m0/s1.